The minimum atomic E-state index is -0.193. The maximum Gasteiger partial charge on any atom is 0.274 e. The van der Waals surface area contributed by atoms with Crippen molar-refractivity contribution in [2.24, 2.45) is 0 Å². The van der Waals surface area contributed by atoms with Crippen molar-refractivity contribution >= 4 is 17.2 Å². The van der Waals surface area contributed by atoms with Gasteiger partial charge in [0.15, 0.2) is 10.8 Å². The van der Waals surface area contributed by atoms with Crippen LogP contribution in [0.1, 0.15) is 22.0 Å². The van der Waals surface area contributed by atoms with E-state index in [9.17, 15) is 4.79 Å². The van der Waals surface area contributed by atoms with Crippen LogP contribution < -0.4 is 0 Å². The summed E-state index contributed by atoms with van der Waals surface area (Å²) in [6.07, 6.45) is 4.75. The summed E-state index contributed by atoms with van der Waals surface area (Å²) in [5, 5.41) is 2.40. The Labute approximate surface area is 147 Å². The zero-order valence-electron chi connectivity index (χ0n) is 13.1. The summed E-state index contributed by atoms with van der Waals surface area (Å²) in [4.78, 5) is 19.0. The second-order valence-electron chi connectivity index (χ2n) is 5.34. The Bertz CT molecular complexity index is 888. The predicted molar refractivity (Wildman–Crippen MR) is 90.8 cm³/mol. The van der Waals surface area contributed by atoms with Gasteiger partial charge in [0.25, 0.3) is 5.91 Å². The number of nitrogens with zero attached hydrogens (tertiary/aromatic N) is 2. The van der Waals surface area contributed by atoms with E-state index in [2.05, 4.69) is 4.98 Å². The Kier molecular flexibility index (Phi) is 4.22. The topological polar surface area (TPSA) is 72.6 Å². The van der Waals surface area contributed by atoms with Crippen molar-refractivity contribution in [2.75, 3.05) is 0 Å². The first-order valence-electron chi connectivity index (χ1n) is 7.63. The molecule has 7 heteroatoms. The van der Waals surface area contributed by atoms with E-state index < -0.39 is 0 Å². The average Bonchev–Trinajstić information content (AvgIpc) is 3.41. The third-order valence-electron chi connectivity index (χ3n) is 3.60. The van der Waals surface area contributed by atoms with Crippen LogP contribution in [0.2, 0.25) is 0 Å². The van der Waals surface area contributed by atoms with Gasteiger partial charge in [-0.05, 0) is 36.4 Å². The minimum Gasteiger partial charge on any atom is -0.467 e. The molecule has 0 aliphatic carbocycles. The van der Waals surface area contributed by atoms with Gasteiger partial charge in [-0.2, -0.15) is 0 Å². The molecule has 0 unspecified atom stereocenters. The van der Waals surface area contributed by atoms with Crippen LogP contribution in [-0.4, -0.2) is 15.8 Å². The van der Waals surface area contributed by atoms with Crippen LogP contribution in [0.15, 0.2) is 73.8 Å². The van der Waals surface area contributed by atoms with Gasteiger partial charge in [0.2, 0.25) is 0 Å². The van der Waals surface area contributed by atoms with Gasteiger partial charge >= 0.3 is 0 Å². The van der Waals surface area contributed by atoms with Crippen molar-refractivity contribution in [2.45, 2.75) is 13.1 Å². The van der Waals surface area contributed by atoms with Crippen LogP contribution in [0.25, 0.3) is 10.8 Å². The maximum atomic E-state index is 12.9. The molecule has 4 aromatic heterocycles. The van der Waals surface area contributed by atoms with Gasteiger partial charge in [0, 0.05) is 5.38 Å². The van der Waals surface area contributed by atoms with E-state index in [0.717, 1.165) is 0 Å². The van der Waals surface area contributed by atoms with Crippen LogP contribution in [0.5, 0.6) is 0 Å². The number of furan rings is 3. The lowest BCUT2D eigenvalue weighted by molar-refractivity contribution is 0.0700. The Morgan fingerprint density at radius 1 is 0.960 bits per heavy atom. The molecular formula is C18H14N2O4S. The molecule has 0 fully saturated rings. The van der Waals surface area contributed by atoms with Gasteiger partial charge in [-0.15, -0.1) is 11.3 Å². The van der Waals surface area contributed by atoms with Crippen molar-refractivity contribution in [1.82, 2.24) is 9.88 Å². The first kappa shape index (κ1) is 15.5. The van der Waals surface area contributed by atoms with Crippen molar-refractivity contribution in [1.29, 1.82) is 0 Å². The number of carbonyl (C=O) groups excluding carboxylic acids is 1. The molecule has 0 aliphatic heterocycles. The highest BCUT2D eigenvalue weighted by molar-refractivity contribution is 7.13. The van der Waals surface area contributed by atoms with Crippen molar-refractivity contribution < 1.29 is 18.0 Å². The standard InChI is InChI=1S/C18H14N2O4S/c21-18(15-12-25-17(19-15)16-6-3-9-24-16)20(10-13-4-1-7-22-13)11-14-5-2-8-23-14/h1-9,12H,10-11H2. The lowest BCUT2D eigenvalue weighted by Gasteiger charge is -2.19. The predicted octanol–water partition coefficient (Wildman–Crippen LogP) is 4.43. The third-order valence-corrected chi connectivity index (χ3v) is 4.45. The van der Waals surface area contributed by atoms with Gasteiger partial charge < -0.3 is 18.2 Å². The number of carbonyl (C=O) groups is 1. The van der Waals surface area contributed by atoms with Crippen LogP contribution >= 0.6 is 11.3 Å². The molecule has 0 saturated heterocycles. The summed E-state index contributed by atoms with van der Waals surface area (Å²) in [5.74, 6) is 1.84. The zero-order chi connectivity index (χ0) is 17.1. The number of thiazole rings is 1. The smallest absolute Gasteiger partial charge is 0.274 e. The van der Waals surface area contributed by atoms with Crippen LogP contribution in [-0.2, 0) is 13.1 Å². The Hall–Kier alpha value is -3.06. The fourth-order valence-corrected chi connectivity index (χ4v) is 3.19. The second-order valence-corrected chi connectivity index (χ2v) is 6.19. The molecule has 4 heterocycles. The molecule has 0 aromatic carbocycles. The summed E-state index contributed by atoms with van der Waals surface area (Å²) >= 11 is 1.37. The quantitative estimate of drug-likeness (QED) is 0.512. The summed E-state index contributed by atoms with van der Waals surface area (Å²) in [7, 11) is 0. The largest absolute Gasteiger partial charge is 0.467 e. The number of hydrogen-bond donors (Lipinski definition) is 0. The van der Waals surface area contributed by atoms with Crippen molar-refractivity contribution in [3.8, 4) is 10.8 Å². The van der Waals surface area contributed by atoms with Crippen molar-refractivity contribution in [3.05, 3.63) is 77.8 Å². The maximum absolute atomic E-state index is 12.9. The number of amides is 1. The molecular weight excluding hydrogens is 340 g/mol. The van der Waals surface area contributed by atoms with E-state index in [0.29, 0.717) is 41.1 Å². The lowest BCUT2D eigenvalue weighted by Crippen LogP contribution is -2.30. The molecule has 0 saturated carbocycles. The normalized spacial score (nSPS) is 10.9. The number of rotatable bonds is 6. The first-order chi connectivity index (χ1) is 12.3. The van der Waals surface area contributed by atoms with Gasteiger partial charge in [-0.1, -0.05) is 0 Å². The molecule has 0 atom stereocenters. The van der Waals surface area contributed by atoms with Gasteiger partial charge in [-0.25, -0.2) is 4.98 Å². The molecule has 0 spiro atoms. The molecule has 126 valence electrons. The lowest BCUT2D eigenvalue weighted by atomic mass is 10.3. The molecule has 0 bridgehead atoms. The molecule has 4 rings (SSSR count). The summed E-state index contributed by atoms with van der Waals surface area (Å²) in [5.41, 5.74) is 0.370. The molecule has 6 nitrogen and oxygen atoms in total. The van der Waals surface area contributed by atoms with E-state index in [1.807, 2.05) is 18.2 Å². The SMILES string of the molecule is O=C(c1csc(-c2ccco2)n1)N(Cc1ccco1)Cc1ccco1. The van der Waals surface area contributed by atoms with E-state index in [-0.39, 0.29) is 5.91 Å². The van der Waals surface area contributed by atoms with Crippen molar-refractivity contribution in [3.63, 3.8) is 0 Å². The first-order valence-corrected chi connectivity index (χ1v) is 8.51. The van der Waals surface area contributed by atoms with Crippen LogP contribution in [0, 0.1) is 0 Å². The minimum absolute atomic E-state index is 0.193. The van der Waals surface area contributed by atoms with E-state index in [1.54, 1.807) is 47.3 Å². The number of hydrogen-bond acceptors (Lipinski definition) is 6. The fraction of sp³-hybridized carbons (Fsp3) is 0.111. The molecule has 0 aliphatic rings. The van der Waals surface area contributed by atoms with Gasteiger partial charge in [0.05, 0.1) is 31.9 Å². The Morgan fingerprint density at radius 3 is 2.16 bits per heavy atom. The monoisotopic (exact) mass is 354 g/mol. The van der Waals surface area contributed by atoms with E-state index >= 15 is 0 Å². The number of aromatic nitrogens is 1. The summed E-state index contributed by atoms with van der Waals surface area (Å²) in [6.45, 7) is 0.667. The molecule has 0 N–H and O–H groups in total. The highest BCUT2D eigenvalue weighted by Crippen LogP contribution is 2.25. The molecule has 0 radical (unpaired) electrons. The summed E-state index contributed by atoms with van der Waals surface area (Å²) < 4.78 is 16.1. The zero-order valence-corrected chi connectivity index (χ0v) is 13.9. The average molecular weight is 354 g/mol. The Balaban J connectivity index is 1.58. The van der Waals surface area contributed by atoms with Crippen LogP contribution in [0.4, 0.5) is 0 Å². The van der Waals surface area contributed by atoms with Gasteiger partial charge in [0.1, 0.15) is 17.2 Å². The molecule has 4 aromatic rings. The van der Waals surface area contributed by atoms with E-state index in [4.69, 9.17) is 13.3 Å². The highest BCUT2D eigenvalue weighted by Gasteiger charge is 2.22. The molecule has 1 amide bonds. The molecule has 25 heavy (non-hydrogen) atoms. The van der Waals surface area contributed by atoms with Crippen LogP contribution in [0.3, 0.4) is 0 Å². The fourth-order valence-electron chi connectivity index (χ4n) is 2.43. The highest BCUT2D eigenvalue weighted by atomic mass is 32.1. The summed E-state index contributed by atoms with van der Waals surface area (Å²) in [6, 6.07) is 10.9. The van der Waals surface area contributed by atoms with E-state index in [1.165, 1.54) is 11.3 Å². The second kappa shape index (κ2) is 6.82. The Morgan fingerprint density at radius 2 is 1.60 bits per heavy atom. The third kappa shape index (κ3) is 3.41. The van der Waals surface area contributed by atoms with Gasteiger partial charge in [-0.3, -0.25) is 4.79 Å².